The number of pyridine rings is 1. The van der Waals surface area contributed by atoms with Gasteiger partial charge in [-0.15, -0.1) is 0 Å². The number of anilines is 1. The first-order chi connectivity index (χ1) is 15.0. The van der Waals surface area contributed by atoms with Crippen LogP contribution >= 0.6 is 31.9 Å². The van der Waals surface area contributed by atoms with Gasteiger partial charge in [0.1, 0.15) is 5.75 Å². The highest BCUT2D eigenvalue weighted by Gasteiger charge is 2.11. The molecule has 0 radical (unpaired) electrons. The molecule has 0 aliphatic carbocycles. The number of unbranched alkanes of at least 4 members (excludes halogenated alkanes) is 1. The number of amides is 1. The lowest BCUT2D eigenvalue weighted by Crippen LogP contribution is -2.11. The number of hydrogen-bond acceptors (Lipinski definition) is 3. The fourth-order valence-corrected chi connectivity index (χ4v) is 4.46. The van der Waals surface area contributed by atoms with E-state index in [-0.39, 0.29) is 5.91 Å². The molecule has 4 rings (SSSR count). The first-order valence-corrected chi connectivity index (χ1v) is 11.6. The van der Waals surface area contributed by atoms with Crippen LogP contribution in [0.15, 0.2) is 75.9 Å². The van der Waals surface area contributed by atoms with Crippen LogP contribution in [-0.4, -0.2) is 21.9 Å². The quantitative estimate of drug-likeness (QED) is 0.257. The highest BCUT2D eigenvalue weighted by molar-refractivity contribution is 9.11. The van der Waals surface area contributed by atoms with Gasteiger partial charge in [0.05, 0.1) is 16.8 Å². The van der Waals surface area contributed by atoms with Gasteiger partial charge in [0.2, 0.25) is 0 Å². The van der Waals surface area contributed by atoms with Crippen molar-refractivity contribution in [3.8, 4) is 17.0 Å². The van der Waals surface area contributed by atoms with Gasteiger partial charge in [-0.2, -0.15) is 0 Å². The third kappa shape index (κ3) is 5.17. The van der Waals surface area contributed by atoms with E-state index in [4.69, 9.17) is 9.72 Å². The molecule has 0 saturated heterocycles. The van der Waals surface area contributed by atoms with Crippen molar-refractivity contribution in [2.75, 3.05) is 11.9 Å². The number of benzene rings is 2. The van der Waals surface area contributed by atoms with Crippen LogP contribution in [0.1, 0.15) is 30.1 Å². The van der Waals surface area contributed by atoms with Crippen LogP contribution in [0.4, 0.5) is 5.69 Å². The van der Waals surface area contributed by atoms with Gasteiger partial charge in [0, 0.05) is 33.7 Å². The molecule has 2 heterocycles. The van der Waals surface area contributed by atoms with Gasteiger partial charge in [0.15, 0.2) is 5.65 Å². The number of rotatable bonds is 7. The molecule has 0 atom stereocenters. The molecule has 0 unspecified atom stereocenters. The molecule has 0 aliphatic heterocycles. The predicted molar refractivity (Wildman–Crippen MR) is 131 cm³/mol. The minimum absolute atomic E-state index is 0.168. The first kappa shape index (κ1) is 21.6. The summed E-state index contributed by atoms with van der Waals surface area (Å²) in [7, 11) is 0. The van der Waals surface area contributed by atoms with E-state index in [1.54, 1.807) is 12.1 Å². The summed E-state index contributed by atoms with van der Waals surface area (Å²) in [6.45, 7) is 2.81. The van der Waals surface area contributed by atoms with E-state index < -0.39 is 0 Å². The molecule has 0 fully saturated rings. The molecule has 31 heavy (non-hydrogen) atoms. The Labute approximate surface area is 197 Å². The molecule has 2 aromatic heterocycles. The van der Waals surface area contributed by atoms with Crippen molar-refractivity contribution in [2.24, 2.45) is 0 Å². The zero-order chi connectivity index (χ0) is 21.8. The predicted octanol–water partition coefficient (Wildman–Crippen LogP) is 6.96. The highest BCUT2D eigenvalue weighted by atomic mass is 79.9. The molecule has 2 aromatic carbocycles. The number of ether oxygens (including phenoxy) is 1. The monoisotopic (exact) mass is 541 g/mol. The van der Waals surface area contributed by atoms with Crippen molar-refractivity contribution in [3.63, 3.8) is 0 Å². The molecule has 0 saturated carbocycles. The SMILES string of the molecule is CCCCOc1ccc(C(=O)Nc2cccc(-c3cn4cc(Br)cc(Br)c4n3)c2)cc1. The van der Waals surface area contributed by atoms with Crippen LogP contribution in [0.3, 0.4) is 0 Å². The molecule has 0 aliphatic rings. The molecule has 5 nitrogen and oxygen atoms in total. The number of nitrogens with one attached hydrogen (secondary N) is 1. The van der Waals surface area contributed by atoms with Gasteiger partial charge in [-0.1, -0.05) is 25.5 Å². The maximum absolute atomic E-state index is 12.7. The van der Waals surface area contributed by atoms with Crippen LogP contribution in [0.2, 0.25) is 0 Å². The molecular formula is C24H21Br2N3O2. The van der Waals surface area contributed by atoms with E-state index in [1.165, 1.54) is 0 Å². The zero-order valence-corrected chi connectivity index (χ0v) is 20.1. The third-order valence-corrected chi connectivity index (χ3v) is 5.79. The largest absolute Gasteiger partial charge is 0.494 e. The number of halogens is 2. The maximum atomic E-state index is 12.7. The van der Waals surface area contributed by atoms with Crippen molar-refractivity contribution in [3.05, 3.63) is 81.5 Å². The average Bonchev–Trinajstić information content (AvgIpc) is 3.19. The number of aromatic nitrogens is 2. The summed E-state index contributed by atoms with van der Waals surface area (Å²) in [5.74, 6) is 0.607. The lowest BCUT2D eigenvalue weighted by atomic mass is 10.1. The minimum Gasteiger partial charge on any atom is -0.494 e. The van der Waals surface area contributed by atoms with Gasteiger partial charge >= 0.3 is 0 Å². The van der Waals surface area contributed by atoms with E-state index in [2.05, 4.69) is 44.1 Å². The van der Waals surface area contributed by atoms with Crippen molar-refractivity contribution in [1.29, 1.82) is 0 Å². The standard InChI is InChI=1S/C24H21Br2N3O2/c1-2-3-11-31-20-9-7-16(8-10-20)24(30)27-19-6-4-5-17(12-19)22-15-29-14-18(25)13-21(26)23(29)28-22/h4-10,12-15H,2-3,11H2,1H3,(H,27,30). The Kier molecular flexibility index (Phi) is 6.73. The van der Waals surface area contributed by atoms with Crippen LogP contribution in [0.5, 0.6) is 5.75 Å². The second-order valence-electron chi connectivity index (χ2n) is 7.12. The van der Waals surface area contributed by atoms with Crippen molar-refractivity contribution < 1.29 is 9.53 Å². The van der Waals surface area contributed by atoms with E-state index in [0.29, 0.717) is 17.9 Å². The van der Waals surface area contributed by atoms with Gasteiger partial charge < -0.3 is 14.5 Å². The topological polar surface area (TPSA) is 55.6 Å². The van der Waals surface area contributed by atoms with Gasteiger partial charge in [-0.25, -0.2) is 4.98 Å². The van der Waals surface area contributed by atoms with Crippen molar-refractivity contribution in [2.45, 2.75) is 19.8 Å². The summed E-state index contributed by atoms with van der Waals surface area (Å²) >= 11 is 7.05. The summed E-state index contributed by atoms with van der Waals surface area (Å²) in [6.07, 6.45) is 6.02. The van der Waals surface area contributed by atoms with Crippen LogP contribution < -0.4 is 10.1 Å². The average molecular weight is 543 g/mol. The Bertz CT molecular complexity index is 1220. The third-order valence-electron chi connectivity index (χ3n) is 4.77. The molecule has 1 amide bonds. The Morgan fingerprint density at radius 3 is 2.68 bits per heavy atom. The van der Waals surface area contributed by atoms with E-state index in [9.17, 15) is 4.79 Å². The van der Waals surface area contributed by atoms with Crippen molar-refractivity contribution in [1.82, 2.24) is 9.38 Å². The van der Waals surface area contributed by atoms with E-state index in [1.807, 2.05) is 59.3 Å². The first-order valence-electron chi connectivity index (χ1n) is 10.0. The van der Waals surface area contributed by atoms with Crippen molar-refractivity contribution >= 4 is 49.1 Å². The zero-order valence-electron chi connectivity index (χ0n) is 16.9. The van der Waals surface area contributed by atoms with Gasteiger partial charge in [0.25, 0.3) is 5.91 Å². The summed E-state index contributed by atoms with van der Waals surface area (Å²) in [4.78, 5) is 17.4. The highest BCUT2D eigenvalue weighted by Crippen LogP contribution is 2.28. The molecule has 0 spiro atoms. The molecule has 7 heteroatoms. The van der Waals surface area contributed by atoms with Gasteiger partial charge in [-0.05, 0) is 80.7 Å². The van der Waals surface area contributed by atoms with Gasteiger partial charge in [-0.3, -0.25) is 4.79 Å². The fourth-order valence-electron chi connectivity index (χ4n) is 3.16. The number of carbonyl (C=O) groups excluding carboxylic acids is 1. The summed E-state index contributed by atoms with van der Waals surface area (Å²) < 4.78 is 9.47. The normalized spacial score (nSPS) is 10.9. The Morgan fingerprint density at radius 2 is 1.90 bits per heavy atom. The van der Waals surface area contributed by atoms with E-state index in [0.717, 1.165) is 44.4 Å². The van der Waals surface area contributed by atoms with Crippen LogP contribution in [0.25, 0.3) is 16.9 Å². The summed E-state index contributed by atoms with van der Waals surface area (Å²) in [6, 6.07) is 16.8. The molecule has 4 aromatic rings. The van der Waals surface area contributed by atoms with Crippen LogP contribution in [-0.2, 0) is 0 Å². The number of carbonyl (C=O) groups is 1. The Hall–Kier alpha value is -2.64. The number of fused-ring (bicyclic) bond motifs is 1. The minimum atomic E-state index is -0.168. The molecule has 158 valence electrons. The van der Waals surface area contributed by atoms with E-state index >= 15 is 0 Å². The fraction of sp³-hybridized carbons (Fsp3) is 0.167. The molecule has 0 bridgehead atoms. The lowest BCUT2D eigenvalue weighted by molar-refractivity contribution is 0.102. The molecular weight excluding hydrogens is 522 g/mol. The Morgan fingerprint density at radius 1 is 1.10 bits per heavy atom. The number of nitrogens with zero attached hydrogens (tertiary/aromatic N) is 2. The molecule has 1 N–H and O–H groups in total. The maximum Gasteiger partial charge on any atom is 0.255 e. The summed E-state index contributed by atoms with van der Waals surface area (Å²) in [5.41, 5.74) is 3.86. The smallest absolute Gasteiger partial charge is 0.255 e. The lowest BCUT2D eigenvalue weighted by Gasteiger charge is -2.08. The second kappa shape index (κ2) is 9.66. The number of hydrogen-bond donors (Lipinski definition) is 1. The second-order valence-corrected chi connectivity index (χ2v) is 8.89. The van der Waals surface area contributed by atoms with Crippen LogP contribution in [0, 0.1) is 0 Å². The summed E-state index contributed by atoms with van der Waals surface area (Å²) in [5, 5.41) is 2.96. The Balaban J connectivity index is 1.50. The number of imidazole rings is 1.